The standard InChI is InChI=1S/C24H31N3O/c25-15-7-2-8-16-27(17-9-12-20-10-3-1-4-11-20)24(28)18-21-19-26-23-14-6-5-13-22(21)23/h1,3-6,10-11,13-14,19,26H,2,7-9,12,15-18,25H2. The summed E-state index contributed by atoms with van der Waals surface area (Å²) < 4.78 is 0. The molecule has 3 rings (SSSR count). The highest BCUT2D eigenvalue weighted by Crippen LogP contribution is 2.19. The number of hydrogen-bond acceptors (Lipinski definition) is 2. The van der Waals surface area contributed by atoms with Crippen LogP contribution in [0.3, 0.4) is 0 Å². The van der Waals surface area contributed by atoms with Crippen LogP contribution in [0.4, 0.5) is 0 Å². The maximum atomic E-state index is 13.0. The molecule has 2 aromatic carbocycles. The van der Waals surface area contributed by atoms with Gasteiger partial charge in [0.25, 0.3) is 0 Å². The molecule has 1 heterocycles. The summed E-state index contributed by atoms with van der Waals surface area (Å²) >= 11 is 0. The quantitative estimate of drug-likeness (QED) is 0.489. The third kappa shape index (κ3) is 5.70. The molecule has 3 aromatic rings. The van der Waals surface area contributed by atoms with Crippen LogP contribution in [0, 0.1) is 0 Å². The predicted octanol–water partition coefficient (Wildman–Crippen LogP) is 4.30. The SMILES string of the molecule is NCCCCCN(CCCc1ccccc1)C(=O)Cc1c[nH]c2ccccc12. The maximum Gasteiger partial charge on any atom is 0.227 e. The Morgan fingerprint density at radius 2 is 1.64 bits per heavy atom. The minimum atomic E-state index is 0.213. The molecule has 4 nitrogen and oxygen atoms in total. The molecule has 0 atom stereocenters. The third-order valence-electron chi connectivity index (χ3n) is 5.24. The molecule has 0 aliphatic carbocycles. The number of H-pyrrole nitrogens is 1. The van der Waals surface area contributed by atoms with Crippen LogP contribution in [0.5, 0.6) is 0 Å². The summed E-state index contributed by atoms with van der Waals surface area (Å²) in [5, 5.41) is 1.14. The van der Waals surface area contributed by atoms with Gasteiger partial charge in [0, 0.05) is 30.2 Å². The lowest BCUT2D eigenvalue weighted by atomic mass is 10.1. The molecule has 0 saturated heterocycles. The monoisotopic (exact) mass is 377 g/mol. The van der Waals surface area contributed by atoms with E-state index in [0.717, 1.165) is 68.2 Å². The van der Waals surface area contributed by atoms with E-state index in [9.17, 15) is 4.79 Å². The fraction of sp³-hybridized carbons (Fsp3) is 0.375. The Balaban J connectivity index is 1.60. The van der Waals surface area contributed by atoms with Crippen molar-refractivity contribution in [2.24, 2.45) is 5.73 Å². The number of rotatable bonds is 11. The number of carbonyl (C=O) groups is 1. The molecule has 148 valence electrons. The number of aromatic nitrogens is 1. The Hall–Kier alpha value is -2.59. The normalized spacial score (nSPS) is 11.0. The Kier molecular flexibility index (Phi) is 7.68. The summed E-state index contributed by atoms with van der Waals surface area (Å²) in [4.78, 5) is 18.4. The lowest BCUT2D eigenvalue weighted by molar-refractivity contribution is -0.130. The Morgan fingerprint density at radius 3 is 2.46 bits per heavy atom. The van der Waals surface area contributed by atoms with Gasteiger partial charge in [-0.25, -0.2) is 0 Å². The molecule has 0 fully saturated rings. The van der Waals surface area contributed by atoms with E-state index in [2.05, 4.69) is 35.3 Å². The van der Waals surface area contributed by atoms with E-state index in [1.54, 1.807) is 0 Å². The number of hydrogen-bond donors (Lipinski definition) is 2. The number of nitrogens with zero attached hydrogens (tertiary/aromatic N) is 1. The number of aryl methyl sites for hydroxylation is 1. The average molecular weight is 378 g/mol. The van der Waals surface area contributed by atoms with Gasteiger partial charge in [-0.3, -0.25) is 4.79 Å². The van der Waals surface area contributed by atoms with Crippen molar-refractivity contribution in [3.8, 4) is 0 Å². The summed E-state index contributed by atoms with van der Waals surface area (Å²) in [6.45, 7) is 2.34. The zero-order chi connectivity index (χ0) is 19.6. The number of para-hydroxylation sites is 1. The lowest BCUT2D eigenvalue weighted by Crippen LogP contribution is -2.34. The number of benzene rings is 2. The first-order valence-corrected chi connectivity index (χ1v) is 10.3. The van der Waals surface area contributed by atoms with Crippen LogP contribution in [0.2, 0.25) is 0 Å². The van der Waals surface area contributed by atoms with Crippen molar-refractivity contribution in [1.29, 1.82) is 0 Å². The summed E-state index contributed by atoms with van der Waals surface area (Å²) in [5.41, 5.74) is 9.10. The first-order valence-electron chi connectivity index (χ1n) is 10.3. The maximum absolute atomic E-state index is 13.0. The average Bonchev–Trinajstić information content (AvgIpc) is 3.13. The van der Waals surface area contributed by atoms with Gasteiger partial charge >= 0.3 is 0 Å². The number of amides is 1. The van der Waals surface area contributed by atoms with E-state index >= 15 is 0 Å². The van der Waals surface area contributed by atoms with Crippen molar-refractivity contribution in [2.45, 2.75) is 38.5 Å². The van der Waals surface area contributed by atoms with Crippen molar-refractivity contribution in [3.05, 3.63) is 71.9 Å². The molecule has 1 aromatic heterocycles. The molecule has 0 aliphatic rings. The molecule has 1 amide bonds. The van der Waals surface area contributed by atoms with Crippen LogP contribution in [0.15, 0.2) is 60.8 Å². The molecule has 3 N–H and O–H groups in total. The number of fused-ring (bicyclic) bond motifs is 1. The van der Waals surface area contributed by atoms with Gasteiger partial charge < -0.3 is 15.6 Å². The van der Waals surface area contributed by atoms with E-state index < -0.39 is 0 Å². The van der Waals surface area contributed by atoms with E-state index in [1.165, 1.54) is 5.56 Å². The molecule has 0 spiro atoms. The van der Waals surface area contributed by atoms with Crippen molar-refractivity contribution in [3.63, 3.8) is 0 Å². The van der Waals surface area contributed by atoms with E-state index in [1.807, 2.05) is 35.4 Å². The van der Waals surface area contributed by atoms with Crippen molar-refractivity contribution in [2.75, 3.05) is 19.6 Å². The zero-order valence-electron chi connectivity index (χ0n) is 16.6. The Labute approximate surface area is 167 Å². The van der Waals surface area contributed by atoms with Crippen molar-refractivity contribution < 1.29 is 4.79 Å². The van der Waals surface area contributed by atoms with Crippen LogP contribution < -0.4 is 5.73 Å². The van der Waals surface area contributed by atoms with Crippen molar-refractivity contribution in [1.82, 2.24) is 9.88 Å². The molecular formula is C24H31N3O. The van der Waals surface area contributed by atoms with E-state index in [4.69, 9.17) is 5.73 Å². The minimum absolute atomic E-state index is 0.213. The van der Waals surface area contributed by atoms with Crippen molar-refractivity contribution >= 4 is 16.8 Å². The molecule has 0 radical (unpaired) electrons. The number of nitrogens with two attached hydrogens (primary N) is 1. The second kappa shape index (κ2) is 10.7. The second-order valence-electron chi connectivity index (χ2n) is 7.36. The first kappa shape index (κ1) is 20.2. The molecule has 4 heteroatoms. The summed E-state index contributed by atoms with van der Waals surface area (Å²) in [6, 6.07) is 18.6. The largest absolute Gasteiger partial charge is 0.361 e. The highest BCUT2D eigenvalue weighted by Gasteiger charge is 2.15. The van der Waals surface area contributed by atoms with Crippen LogP contribution in [-0.2, 0) is 17.6 Å². The van der Waals surface area contributed by atoms with Gasteiger partial charge in [-0.05, 0) is 49.4 Å². The minimum Gasteiger partial charge on any atom is -0.361 e. The zero-order valence-corrected chi connectivity index (χ0v) is 16.6. The summed E-state index contributed by atoms with van der Waals surface area (Å²) in [6.07, 6.45) is 7.52. The molecule has 28 heavy (non-hydrogen) atoms. The number of carbonyl (C=O) groups excluding carboxylic acids is 1. The van der Waals surface area contributed by atoms with E-state index in [0.29, 0.717) is 6.42 Å². The predicted molar refractivity (Wildman–Crippen MR) is 116 cm³/mol. The molecule has 0 saturated carbocycles. The van der Waals surface area contributed by atoms with Crippen LogP contribution in [0.25, 0.3) is 10.9 Å². The van der Waals surface area contributed by atoms with Gasteiger partial charge in [0.15, 0.2) is 0 Å². The first-order chi connectivity index (χ1) is 13.8. The van der Waals surface area contributed by atoms with Crippen LogP contribution in [0.1, 0.15) is 36.8 Å². The lowest BCUT2D eigenvalue weighted by Gasteiger charge is -2.23. The van der Waals surface area contributed by atoms with Crippen LogP contribution in [-0.4, -0.2) is 35.4 Å². The third-order valence-corrected chi connectivity index (χ3v) is 5.24. The van der Waals surface area contributed by atoms with Gasteiger partial charge in [-0.2, -0.15) is 0 Å². The fourth-order valence-corrected chi connectivity index (χ4v) is 3.66. The topological polar surface area (TPSA) is 62.1 Å². The molecule has 0 aliphatic heterocycles. The smallest absolute Gasteiger partial charge is 0.227 e. The Bertz CT molecular complexity index is 856. The summed E-state index contributed by atoms with van der Waals surface area (Å²) in [5.74, 6) is 0.213. The second-order valence-corrected chi connectivity index (χ2v) is 7.36. The number of unbranched alkanes of at least 4 members (excludes halogenated alkanes) is 2. The summed E-state index contributed by atoms with van der Waals surface area (Å²) in [7, 11) is 0. The molecule has 0 bridgehead atoms. The van der Waals surface area contributed by atoms with Gasteiger partial charge in [0.05, 0.1) is 6.42 Å². The van der Waals surface area contributed by atoms with Gasteiger partial charge in [-0.15, -0.1) is 0 Å². The number of nitrogens with one attached hydrogen (secondary N) is 1. The highest BCUT2D eigenvalue weighted by molar-refractivity contribution is 5.88. The van der Waals surface area contributed by atoms with E-state index in [-0.39, 0.29) is 5.91 Å². The molecule has 0 unspecified atom stereocenters. The van der Waals surface area contributed by atoms with Gasteiger partial charge in [0.1, 0.15) is 0 Å². The fourth-order valence-electron chi connectivity index (χ4n) is 3.66. The Morgan fingerprint density at radius 1 is 0.893 bits per heavy atom. The number of aromatic amines is 1. The van der Waals surface area contributed by atoms with Gasteiger partial charge in [-0.1, -0.05) is 55.0 Å². The molecular weight excluding hydrogens is 346 g/mol. The highest BCUT2D eigenvalue weighted by atomic mass is 16.2. The van der Waals surface area contributed by atoms with Gasteiger partial charge in [0.2, 0.25) is 5.91 Å². The van der Waals surface area contributed by atoms with Crippen LogP contribution >= 0.6 is 0 Å².